The molecule has 2 aromatic carbocycles. The van der Waals surface area contributed by atoms with Crippen LogP contribution in [0.2, 0.25) is 0 Å². The molecule has 0 unspecified atom stereocenters. The average Bonchev–Trinajstić information content (AvgIpc) is 2.79. The summed E-state index contributed by atoms with van der Waals surface area (Å²) in [5.41, 5.74) is -2.39. The first-order valence-electron chi connectivity index (χ1n) is 10.7. The van der Waals surface area contributed by atoms with Gasteiger partial charge < -0.3 is 15.2 Å². The van der Waals surface area contributed by atoms with E-state index in [9.17, 15) is 31.2 Å². The van der Waals surface area contributed by atoms with Crippen molar-refractivity contribution in [1.82, 2.24) is 9.62 Å². The number of halogens is 3. The number of carboxylic acid groups (broad SMARTS) is 1. The van der Waals surface area contributed by atoms with Gasteiger partial charge in [-0.2, -0.15) is 17.5 Å². The number of benzene rings is 2. The molecule has 0 atom stereocenters. The van der Waals surface area contributed by atoms with Gasteiger partial charge in [0, 0.05) is 19.1 Å². The topological polar surface area (TPSA) is 113 Å². The number of amides is 1. The van der Waals surface area contributed by atoms with Crippen LogP contribution in [0.3, 0.4) is 0 Å². The van der Waals surface area contributed by atoms with Crippen LogP contribution in [0.15, 0.2) is 53.4 Å². The maximum Gasteiger partial charge on any atom is 0.416 e. The van der Waals surface area contributed by atoms with Gasteiger partial charge in [-0.05, 0) is 69.2 Å². The van der Waals surface area contributed by atoms with Crippen LogP contribution >= 0.6 is 0 Å². The molecule has 0 saturated carbocycles. The van der Waals surface area contributed by atoms with Gasteiger partial charge in [0.05, 0.1) is 16.0 Å². The van der Waals surface area contributed by atoms with Crippen LogP contribution in [0.1, 0.15) is 42.6 Å². The zero-order valence-electron chi connectivity index (χ0n) is 19.0. The molecule has 1 aliphatic heterocycles. The molecule has 0 spiro atoms. The van der Waals surface area contributed by atoms with Crippen LogP contribution in [0.5, 0.6) is 5.75 Å². The van der Waals surface area contributed by atoms with E-state index in [-0.39, 0.29) is 35.3 Å². The highest BCUT2D eigenvalue weighted by atomic mass is 32.2. The van der Waals surface area contributed by atoms with Gasteiger partial charge in [0.1, 0.15) is 5.75 Å². The van der Waals surface area contributed by atoms with Crippen LogP contribution in [0.25, 0.3) is 0 Å². The fourth-order valence-electron chi connectivity index (χ4n) is 3.60. The second-order valence-electron chi connectivity index (χ2n) is 8.62. The van der Waals surface area contributed by atoms with E-state index in [0.29, 0.717) is 12.8 Å². The highest BCUT2D eigenvalue weighted by Crippen LogP contribution is 2.32. The molecule has 0 bridgehead atoms. The lowest BCUT2D eigenvalue weighted by Gasteiger charge is -2.34. The summed E-state index contributed by atoms with van der Waals surface area (Å²) in [5.74, 6) is -1.80. The Hall–Kier alpha value is -3.12. The van der Waals surface area contributed by atoms with Crippen LogP contribution in [0, 0.1) is 0 Å². The first kappa shape index (κ1) is 26.5. The normalized spacial score (nSPS) is 16.0. The van der Waals surface area contributed by atoms with E-state index in [2.05, 4.69) is 5.32 Å². The summed E-state index contributed by atoms with van der Waals surface area (Å²) in [6.07, 6.45) is -3.91. The first-order valence-corrected chi connectivity index (χ1v) is 12.1. The molecular weight excluding hydrogens is 489 g/mol. The number of aromatic carboxylic acids is 1. The van der Waals surface area contributed by atoms with Crippen LogP contribution in [0.4, 0.5) is 13.2 Å². The number of hydrogen-bond acceptors (Lipinski definition) is 5. The molecule has 35 heavy (non-hydrogen) atoms. The highest BCUT2D eigenvalue weighted by molar-refractivity contribution is 7.89. The Morgan fingerprint density at radius 2 is 1.66 bits per heavy atom. The molecule has 0 aliphatic carbocycles. The maximum atomic E-state index is 12.9. The molecule has 1 aliphatic rings. The molecule has 2 N–H and O–H groups in total. The van der Waals surface area contributed by atoms with Crippen molar-refractivity contribution in [1.29, 1.82) is 0 Å². The van der Waals surface area contributed by atoms with Crippen molar-refractivity contribution in [2.45, 2.75) is 49.4 Å². The predicted octanol–water partition coefficient (Wildman–Crippen LogP) is 3.53. The summed E-state index contributed by atoms with van der Waals surface area (Å²) in [4.78, 5) is 23.7. The molecule has 1 amide bonds. The third kappa shape index (κ3) is 6.31. The molecule has 3 rings (SSSR count). The lowest BCUT2D eigenvalue weighted by atomic mass is 10.0. The van der Waals surface area contributed by atoms with Gasteiger partial charge in [0.2, 0.25) is 10.0 Å². The van der Waals surface area contributed by atoms with E-state index >= 15 is 0 Å². The van der Waals surface area contributed by atoms with E-state index < -0.39 is 39.2 Å². The minimum atomic E-state index is -4.54. The number of carbonyl (C=O) groups is 2. The van der Waals surface area contributed by atoms with E-state index in [4.69, 9.17) is 9.84 Å². The monoisotopic (exact) mass is 514 g/mol. The highest BCUT2D eigenvalue weighted by Gasteiger charge is 2.36. The zero-order chi connectivity index (χ0) is 26.0. The van der Waals surface area contributed by atoms with Gasteiger partial charge in [0.25, 0.3) is 5.91 Å². The van der Waals surface area contributed by atoms with Crippen molar-refractivity contribution in [2.24, 2.45) is 0 Å². The number of ether oxygens (including phenoxy) is 1. The van der Waals surface area contributed by atoms with Crippen molar-refractivity contribution in [3.05, 3.63) is 59.7 Å². The summed E-state index contributed by atoms with van der Waals surface area (Å²) in [6, 6.07) is 8.80. The zero-order valence-corrected chi connectivity index (χ0v) is 19.8. The minimum absolute atomic E-state index is 0.0272. The number of carbonyl (C=O) groups excluding carboxylic acids is 1. The van der Waals surface area contributed by atoms with Crippen molar-refractivity contribution < 1.29 is 41.0 Å². The minimum Gasteiger partial charge on any atom is -0.478 e. The Morgan fingerprint density at radius 1 is 1.06 bits per heavy atom. The Kier molecular flexibility index (Phi) is 7.46. The summed E-state index contributed by atoms with van der Waals surface area (Å²) in [5, 5.41) is 11.7. The molecule has 8 nitrogen and oxygen atoms in total. The quantitative estimate of drug-likeness (QED) is 0.585. The number of sulfonamides is 1. The standard InChI is InChI=1S/C23H25F3N2O6S/c1-22(2,34-18-5-3-4-16(14-18)23(24,25)26)21(31)27-17-10-12-28(13-11-17)35(32,33)19-8-6-15(7-9-19)20(29)30/h3-9,14,17H,10-13H2,1-2H3,(H,27,31)(H,29,30). The van der Waals surface area contributed by atoms with Crippen LogP contribution in [-0.4, -0.2) is 54.4 Å². The third-order valence-electron chi connectivity index (χ3n) is 5.61. The second kappa shape index (κ2) is 9.86. The largest absolute Gasteiger partial charge is 0.478 e. The molecule has 1 heterocycles. The van der Waals surface area contributed by atoms with Gasteiger partial charge in [-0.1, -0.05) is 6.07 Å². The predicted molar refractivity (Wildman–Crippen MR) is 119 cm³/mol. The number of rotatable bonds is 7. The number of nitrogens with zero attached hydrogens (tertiary/aromatic N) is 1. The maximum absolute atomic E-state index is 12.9. The van der Waals surface area contributed by atoms with Gasteiger partial charge in [-0.15, -0.1) is 0 Å². The van der Waals surface area contributed by atoms with Crippen molar-refractivity contribution in [3.63, 3.8) is 0 Å². The number of nitrogens with one attached hydrogen (secondary N) is 1. The fourth-order valence-corrected chi connectivity index (χ4v) is 5.06. The molecule has 0 radical (unpaired) electrons. The van der Waals surface area contributed by atoms with E-state index in [1.54, 1.807) is 0 Å². The Balaban J connectivity index is 1.59. The van der Waals surface area contributed by atoms with Gasteiger partial charge in [-0.3, -0.25) is 4.79 Å². The first-order chi connectivity index (χ1) is 16.2. The summed E-state index contributed by atoms with van der Waals surface area (Å²) in [6.45, 7) is 3.12. The molecule has 2 aromatic rings. The average molecular weight is 515 g/mol. The van der Waals surface area contributed by atoms with Gasteiger partial charge in [0.15, 0.2) is 5.60 Å². The number of piperidine rings is 1. The number of carboxylic acids is 1. The molecule has 190 valence electrons. The van der Waals surface area contributed by atoms with Gasteiger partial charge in [-0.25, -0.2) is 13.2 Å². The SMILES string of the molecule is CC(C)(Oc1cccc(C(F)(F)F)c1)C(=O)NC1CCN(S(=O)(=O)c2ccc(C(=O)O)cc2)CC1. The lowest BCUT2D eigenvalue weighted by Crippen LogP contribution is -2.53. The molecule has 1 saturated heterocycles. The Labute approximate surface area is 200 Å². The lowest BCUT2D eigenvalue weighted by molar-refractivity contribution is -0.138. The molecule has 0 aromatic heterocycles. The Morgan fingerprint density at radius 3 is 2.20 bits per heavy atom. The summed E-state index contributed by atoms with van der Waals surface area (Å²) < 4.78 is 71.3. The van der Waals surface area contributed by atoms with Gasteiger partial charge >= 0.3 is 12.1 Å². The fraction of sp³-hybridized carbons (Fsp3) is 0.391. The van der Waals surface area contributed by atoms with Crippen molar-refractivity contribution >= 4 is 21.9 Å². The summed E-state index contributed by atoms with van der Waals surface area (Å²) in [7, 11) is -3.83. The molecule has 12 heteroatoms. The van der Waals surface area contributed by atoms with E-state index in [1.807, 2.05) is 0 Å². The second-order valence-corrected chi connectivity index (χ2v) is 10.6. The smallest absolute Gasteiger partial charge is 0.416 e. The summed E-state index contributed by atoms with van der Waals surface area (Å²) >= 11 is 0. The molecule has 1 fully saturated rings. The van der Waals surface area contributed by atoms with E-state index in [1.165, 1.54) is 54.6 Å². The molecular formula is C23H25F3N2O6S. The number of hydrogen-bond donors (Lipinski definition) is 2. The van der Waals surface area contributed by atoms with Crippen molar-refractivity contribution in [3.8, 4) is 5.75 Å². The number of alkyl halides is 3. The van der Waals surface area contributed by atoms with Crippen molar-refractivity contribution in [2.75, 3.05) is 13.1 Å². The third-order valence-corrected chi connectivity index (χ3v) is 7.52. The van der Waals surface area contributed by atoms with Crippen LogP contribution in [-0.2, 0) is 21.0 Å². The van der Waals surface area contributed by atoms with E-state index in [0.717, 1.165) is 12.1 Å². The van der Waals surface area contributed by atoms with Crippen LogP contribution < -0.4 is 10.1 Å². The Bertz CT molecular complexity index is 1190.